The van der Waals surface area contributed by atoms with Crippen molar-refractivity contribution >= 4 is 46.7 Å². The van der Waals surface area contributed by atoms with E-state index in [0.29, 0.717) is 13.1 Å². The molecule has 4 amide bonds. The first kappa shape index (κ1) is 23.2. The molecule has 2 aromatic rings. The smallest absolute Gasteiger partial charge is 0.327 e. The molecule has 3 atom stereocenters. The molecule has 0 bridgehead atoms. The van der Waals surface area contributed by atoms with Crippen molar-refractivity contribution in [2.75, 3.05) is 37.0 Å². The minimum Gasteiger partial charge on any atom is -0.378 e. The van der Waals surface area contributed by atoms with Crippen LogP contribution in [0.3, 0.4) is 0 Å². The molecule has 4 heterocycles. The number of nitrogens with zero attached hydrogens (tertiary/aromatic N) is 4. The Morgan fingerprint density at radius 3 is 2.91 bits per heavy atom. The van der Waals surface area contributed by atoms with Crippen molar-refractivity contribution in [1.82, 2.24) is 20.5 Å². The van der Waals surface area contributed by atoms with Crippen LogP contribution < -0.4 is 20.4 Å². The lowest BCUT2D eigenvalue weighted by atomic mass is 9.99. The molecule has 3 aliphatic heterocycles. The van der Waals surface area contributed by atoms with Gasteiger partial charge < -0.3 is 20.4 Å². The molecule has 3 aliphatic rings. The molecule has 2 unspecified atom stereocenters. The number of urea groups is 1. The Morgan fingerprint density at radius 1 is 1.31 bits per heavy atom. The molecule has 35 heavy (non-hydrogen) atoms. The number of anilines is 3. The summed E-state index contributed by atoms with van der Waals surface area (Å²) in [5.41, 5.74) is 3.32. The van der Waals surface area contributed by atoms with E-state index in [1.165, 1.54) is 17.8 Å². The predicted octanol–water partition coefficient (Wildman–Crippen LogP) is 2.82. The van der Waals surface area contributed by atoms with E-state index in [0.717, 1.165) is 40.5 Å². The fourth-order valence-electron chi connectivity index (χ4n) is 4.90. The number of likely N-dealkylation sites (tertiary alicyclic amines) is 1. The van der Waals surface area contributed by atoms with E-state index in [1.807, 2.05) is 49.3 Å². The molecule has 1 fully saturated rings. The summed E-state index contributed by atoms with van der Waals surface area (Å²) in [5.74, 6) is -0.288. The number of carbonyl (C=O) groups excluding carboxylic acids is 3. The van der Waals surface area contributed by atoms with E-state index < -0.39 is 11.3 Å². The molecular formula is C25H28N6O3S. The van der Waals surface area contributed by atoms with Crippen LogP contribution in [-0.4, -0.2) is 66.2 Å². The van der Waals surface area contributed by atoms with E-state index in [9.17, 15) is 14.4 Å². The predicted molar refractivity (Wildman–Crippen MR) is 136 cm³/mol. The van der Waals surface area contributed by atoms with Gasteiger partial charge in [0.05, 0.1) is 17.4 Å². The fourth-order valence-corrected chi connectivity index (χ4v) is 6.14. The van der Waals surface area contributed by atoms with Gasteiger partial charge >= 0.3 is 6.03 Å². The number of rotatable bonds is 5. The van der Waals surface area contributed by atoms with Crippen molar-refractivity contribution in [3.05, 3.63) is 54.7 Å². The summed E-state index contributed by atoms with van der Waals surface area (Å²) in [6, 6.07) is 8.68. The van der Waals surface area contributed by atoms with E-state index in [4.69, 9.17) is 0 Å². The summed E-state index contributed by atoms with van der Waals surface area (Å²) >= 11 is 1.37. The van der Waals surface area contributed by atoms with Gasteiger partial charge in [0.1, 0.15) is 10.3 Å². The van der Waals surface area contributed by atoms with Gasteiger partial charge in [-0.05, 0) is 43.2 Å². The molecule has 0 spiro atoms. The maximum absolute atomic E-state index is 13.4. The Kier molecular flexibility index (Phi) is 6.14. The number of hydrogen-bond acceptors (Lipinski definition) is 6. The lowest BCUT2D eigenvalue weighted by Gasteiger charge is -2.35. The summed E-state index contributed by atoms with van der Waals surface area (Å²) < 4.78 is 0. The number of pyridine rings is 1. The third-order valence-corrected chi connectivity index (χ3v) is 7.91. The standard InChI is InChI=1S/C25H28N6O3S/c1-4-19(32)30-12-6-7-15(14-30)27-23(33)22-21-20-18(10-11-26-24(20)35-22)31(25(34)28-21)17-9-5-8-16(13-17)29(2)3/h4-5,8-11,13,15,21-22H,1,6-7,12,14H2,2-3H3,(H,27,33)(H,28,34)/t15?,21?,22-/m1/s1. The Bertz CT molecular complexity index is 1200. The van der Waals surface area contributed by atoms with Crippen molar-refractivity contribution < 1.29 is 14.4 Å². The molecule has 1 saturated heterocycles. The van der Waals surface area contributed by atoms with Gasteiger partial charge in [0.25, 0.3) is 0 Å². The highest BCUT2D eigenvalue weighted by Crippen LogP contribution is 2.50. The van der Waals surface area contributed by atoms with Crippen LogP contribution in [0.5, 0.6) is 0 Å². The van der Waals surface area contributed by atoms with Gasteiger partial charge in [-0.25, -0.2) is 9.78 Å². The van der Waals surface area contributed by atoms with E-state index in [1.54, 1.807) is 16.0 Å². The molecule has 9 nitrogen and oxygen atoms in total. The first-order valence-electron chi connectivity index (χ1n) is 11.6. The van der Waals surface area contributed by atoms with Crippen LogP contribution in [0.25, 0.3) is 0 Å². The minimum absolute atomic E-state index is 0.126. The Balaban J connectivity index is 1.39. The van der Waals surface area contributed by atoms with Gasteiger partial charge in [0.15, 0.2) is 0 Å². The highest BCUT2D eigenvalue weighted by atomic mass is 32.2. The zero-order chi connectivity index (χ0) is 24.7. The number of amides is 4. The summed E-state index contributed by atoms with van der Waals surface area (Å²) in [6.07, 6.45) is 4.60. The van der Waals surface area contributed by atoms with Gasteiger partial charge in [-0.2, -0.15) is 0 Å². The first-order valence-corrected chi connectivity index (χ1v) is 12.5. The average molecular weight is 493 g/mol. The summed E-state index contributed by atoms with van der Waals surface area (Å²) in [5, 5.41) is 6.36. The quantitative estimate of drug-likeness (QED) is 0.623. The van der Waals surface area contributed by atoms with Crippen LogP contribution in [0.15, 0.2) is 54.2 Å². The molecule has 1 aromatic carbocycles. The first-order chi connectivity index (χ1) is 16.9. The summed E-state index contributed by atoms with van der Waals surface area (Å²) in [6.45, 7) is 4.68. The Labute approximate surface area is 208 Å². The molecule has 0 radical (unpaired) electrons. The SMILES string of the molecule is C=CC(=O)N1CCCC(NC(=O)[C@@H]2Sc3nccc4c3C2NC(=O)N4c2cccc(N(C)C)c2)C1. The summed E-state index contributed by atoms with van der Waals surface area (Å²) in [7, 11) is 3.91. The van der Waals surface area contributed by atoms with Crippen molar-refractivity contribution in [1.29, 1.82) is 0 Å². The van der Waals surface area contributed by atoms with Crippen LogP contribution in [0.1, 0.15) is 24.4 Å². The van der Waals surface area contributed by atoms with Gasteiger partial charge in [-0.3, -0.25) is 14.5 Å². The molecule has 182 valence electrons. The maximum Gasteiger partial charge on any atom is 0.327 e. The highest BCUT2D eigenvalue weighted by Gasteiger charge is 2.47. The van der Waals surface area contributed by atoms with Gasteiger partial charge in [0.2, 0.25) is 11.8 Å². The second kappa shape index (κ2) is 9.26. The van der Waals surface area contributed by atoms with Crippen LogP contribution in [0.2, 0.25) is 0 Å². The van der Waals surface area contributed by atoms with Crippen molar-refractivity contribution in [3.8, 4) is 0 Å². The monoisotopic (exact) mass is 492 g/mol. The molecular weight excluding hydrogens is 464 g/mol. The van der Waals surface area contributed by atoms with Crippen LogP contribution in [0.4, 0.5) is 21.9 Å². The second-order valence-corrected chi connectivity index (χ2v) is 10.2. The zero-order valence-corrected chi connectivity index (χ0v) is 20.5. The average Bonchev–Trinajstić information content (AvgIpc) is 3.23. The minimum atomic E-state index is -0.539. The van der Waals surface area contributed by atoms with Gasteiger partial charge in [-0.1, -0.05) is 24.4 Å². The molecule has 1 aromatic heterocycles. The number of aromatic nitrogens is 1. The molecule has 0 aliphatic carbocycles. The largest absolute Gasteiger partial charge is 0.378 e. The van der Waals surface area contributed by atoms with Crippen LogP contribution in [0, 0.1) is 0 Å². The third kappa shape index (κ3) is 4.22. The van der Waals surface area contributed by atoms with Gasteiger partial charge in [-0.15, -0.1) is 0 Å². The molecule has 2 N–H and O–H groups in total. The number of thioether (sulfide) groups is 1. The lowest BCUT2D eigenvalue weighted by molar-refractivity contribution is -0.129. The van der Waals surface area contributed by atoms with Crippen molar-refractivity contribution in [3.63, 3.8) is 0 Å². The van der Waals surface area contributed by atoms with Crippen molar-refractivity contribution in [2.24, 2.45) is 0 Å². The number of nitrogens with one attached hydrogen (secondary N) is 2. The topological polar surface area (TPSA) is 97.9 Å². The highest BCUT2D eigenvalue weighted by molar-refractivity contribution is 8.01. The normalized spacial score (nSPS) is 22.8. The Morgan fingerprint density at radius 2 is 2.14 bits per heavy atom. The number of piperidine rings is 1. The van der Waals surface area contributed by atoms with Crippen molar-refractivity contribution in [2.45, 2.75) is 35.2 Å². The fraction of sp³-hybridized carbons (Fsp3) is 0.360. The van der Waals surface area contributed by atoms with E-state index in [2.05, 4.69) is 22.2 Å². The van der Waals surface area contributed by atoms with E-state index >= 15 is 0 Å². The number of carbonyl (C=O) groups is 3. The molecule has 0 saturated carbocycles. The Hall–Kier alpha value is -3.53. The zero-order valence-electron chi connectivity index (χ0n) is 19.7. The number of hydrogen-bond donors (Lipinski definition) is 2. The van der Waals surface area contributed by atoms with E-state index in [-0.39, 0.29) is 23.9 Å². The molecule has 5 rings (SSSR count). The van der Waals surface area contributed by atoms with Crippen LogP contribution >= 0.6 is 11.8 Å². The number of benzene rings is 1. The second-order valence-electron chi connectivity index (χ2n) is 9.10. The summed E-state index contributed by atoms with van der Waals surface area (Å²) in [4.78, 5) is 48.5. The maximum atomic E-state index is 13.4. The molecule has 10 heteroatoms. The lowest BCUT2D eigenvalue weighted by Crippen LogP contribution is -2.53. The van der Waals surface area contributed by atoms with Gasteiger partial charge in [0, 0.05) is 50.7 Å². The third-order valence-electron chi connectivity index (χ3n) is 6.62. The van der Waals surface area contributed by atoms with Crippen LogP contribution in [-0.2, 0) is 9.59 Å².